The Morgan fingerprint density at radius 2 is 2.00 bits per heavy atom. The van der Waals surface area contributed by atoms with Crippen LogP contribution in [0.15, 0.2) is 0 Å². The highest BCUT2D eigenvalue weighted by molar-refractivity contribution is 5.75. The van der Waals surface area contributed by atoms with Crippen LogP contribution in [0.25, 0.3) is 0 Å². The van der Waals surface area contributed by atoms with Gasteiger partial charge >= 0.3 is 6.09 Å². The van der Waals surface area contributed by atoms with Crippen LogP contribution in [0.4, 0.5) is 4.79 Å². The zero-order chi connectivity index (χ0) is 8.85. The number of rotatable bonds is 4. The molecule has 1 amide bonds. The van der Waals surface area contributed by atoms with E-state index in [9.17, 15) is 9.59 Å². The van der Waals surface area contributed by atoms with Gasteiger partial charge < -0.3 is 14.8 Å². The predicted octanol–water partition coefficient (Wildman–Crippen LogP) is 0.965. The Hall–Kier alpha value is -1.06. The van der Waals surface area contributed by atoms with Crippen LogP contribution >= 0.6 is 0 Å². The van der Waals surface area contributed by atoms with Crippen LogP contribution in [0.5, 0.6) is 0 Å². The number of carboxylic acid groups (broad SMARTS) is 1. The Balaban J connectivity index is 3.39. The summed E-state index contributed by atoms with van der Waals surface area (Å²) in [6.45, 7) is 1.93. The van der Waals surface area contributed by atoms with E-state index in [0.29, 0.717) is 19.4 Å². The zero-order valence-corrected chi connectivity index (χ0v) is 6.83. The van der Waals surface area contributed by atoms with E-state index in [1.807, 2.05) is 0 Å². The van der Waals surface area contributed by atoms with Crippen LogP contribution in [0.3, 0.4) is 0 Å². The molecule has 4 heteroatoms. The largest absolute Gasteiger partial charge is 0.465 e. The second-order valence-electron chi connectivity index (χ2n) is 2.51. The second-order valence-corrected chi connectivity index (χ2v) is 2.51. The fourth-order valence-electron chi connectivity index (χ4n) is 0.661. The van der Waals surface area contributed by atoms with Crippen molar-refractivity contribution in [2.45, 2.75) is 19.8 Å². The SMILES string of the molecule is CC(=O)CCCN(C)C(=O)O. The molecule has 0 fully saturated rings. The minimum Gasteiger partial charge on any atom is -0.465 e. The van der Waals surface area contributed by atoms with Gasteiger partial charge in [0, 0.05) is 20.0 Å². The fraction of sp³-hybridized carbons (Fsp3) is 0.714. The lowest BCUT2D eigenvalue weighted by Crippen LogP contribution is -2.25. The van der Waals surface area contributed by atoms with Crippen molar-refractivity contribution in [3.8, 4) is 0 Å². The molecule has 0 aromatic carbocycles. The van der Waals surface area contributed by atoms with E-state index in [2.05, 4.69) is 0 Å². The first-order valence-corrected chi connectivity index (χ1v) is 3.47. The summed E-state index contributed by atoms with van der Waals surface area (Å²) in [4.78, 5) is 21.8. The average Bonchev–Trinajstić information content (AvgIpc) is 1.86. The third-order valence-corrected chi connectivity index (χ3v) is 1.35. The number of nitrogens with zero attached hydrogens (tertiary/aromatic N) is 1. The van der Waals surface area contributed by atoms with Gasteiger partial charge in [-0.15, -0.1) is 0 Å². The van der Waals surface area contributed by atoms with Gasteiger partial charge in [-0.2, -0.15) is 0 Å². The predicted molar refractivity (Wildman–Crippen MR) is 40.6 cm³/mol. The van der Waals surface area contributed by atoms with Crippen LogP contribution in [0.2, 0.25) is 0 Å². The summed E-state index contributed by atoms with van der Waals surface area (Å²) in [7, 11) is 1.49. The molecular formula is C7H13NO3. The fourth-order valence-corrected chi connectivity index (χ4v) is 0.661. The van der Waals surface area contributed by atoms with Gasteiger partial charge in [0.15, 0.2) is 0 Å². The molecule has 0 aromatic heterocycles. The number of hydrogen-bond donors (Lipinski definition) is 1. The van der Waals surface area contributed by atoms with Crippen molar-refractivity contribution in [3.63, 3.8) is 0 Å². The highest BCUT2D eigenvalue weighted by atomic mass is 16.4. The number of Topliss-reactive ketones (excluding diaryl/α,β-unsaturated/α-hetero) is 1. The average molecular weight is 159 g/mol. The van der Waals surface area contributed by atoms with Crippen LogP contribution in [0, 0.1) is 0 Å². The quantitative estimate of drug-likeness (QED) is 0.664. The van der Waals surface area contributed by atoms with Crippen LogP contribution in [-0.4, -0.2) is 35.5 Å². The third kappa shape index (κ3) is 5.39. The van der Waals surface area contributed by atoms with Gasteiger partial charge in [-0.25, -0.2) is 4.79 Å². The van der Waals surface area contributed by atoms with E-state index in [0.717, 1.165) is 0 Å². The standard InChI is InChI=1S/C7H13NO3/c1-6(9)4-3-5-8(2)7(10)11/h3-5H2,1-2H3,(H,10,11). The lowest BCUT2D eigenvalue weighted by Gasteiger charge is -2.10. The number of hydrogen-bond acceptors (Lipinski definition) is 2. The minimum atomic E-state index is -0.950. The highest BCUT2D eigenvalue weighted by Crippen LogP contribution is 1.93. The summed E-state index contributed by atoms with van der Waals surface area (Å²) < 4.78 is 0. The Morgan fingerprint density at radius 1 is 1.45 bits per heavy atom. The first kappa shape index (κ1) is 9.94. The normalized spacial score (nSPS) is 9.27. The molecule has 0 aliphatic heterocycles. The van der Waals surface area contributed by atoms with Crippen molar-refractivity contribution in [3.05, 3.63) is 0 Å². The van der Waals surface area contributed by atoms with E-state index in [-0.39, 0.29) is 5.78 Å². The lowest BCUT2D eigenvalue weighted by atomic mass is 10.2. The zero-order valence-electron chi connectivity index (χ0n) is 6.83. The molecule has 0 saturated carbocycles. The summed E-state index contributed by atoms with van der Waals surface area (Å²) in [5.74, 6) is 0.101. The molecule has 0 saturated heterocycles. The topological polar surface area (TPSA) is 57.6 Å². The number of ketones is 1. The maximum atomic E-state index is 10.4. The molecule has 0 heterocycles. The van der Waals surface area contributed by atoms with E-state index in [1.54, 1.807) is 0 Å². The van der Waals surface area contributed by atoms with E-state index in [1.165, 1.54) is 18.9 Å². The molecule has 0 aliphatic carbocycles. The second kappa shape index (κ2) is 4.71. The van der Waals surface area contributed by atoms with Crippen LogP contribution < -0.4 is 0 Å². The molecule has 0 rings (SSSR count). The molecule has 0 unspecified atom stereocenters. The van der Waals surface area contributed by atoms with Gasteiger partial charge in [0.25, 0.3) is 0 Å². The van der Waals surface area contributed by atoms with Crippen molar-refractivity contribution in [2.75, 3.05) is 13.6 Å². The first-order valence-electron chi connectivity index (χ1n) is 3.47. The summed E-state index contributed by atoms with van der Waals surface area (Å²) in [6, 6.07) is 0. The Labute approximate surface area is 65.8 Å². The number of carbonyl (C=O) groups excluding carboxylic acids is 1. The molecule has 0 aliphatic rings. The molecule has 0 spiro atoms. The smallest absolute Gasteiger partial charge is 0.407 e. The summed E-state index contributed by atoms with van der Waals surface area (Å²) in [5, 5.41) is 8.39. The van der Waals surface area contributed by atoms with Gasteiger partial charge in [0.1, 0.15) is 5.78 Å². The van der Waals surface area contributed by atoms with Gasteiger partial charge in [0.2, 0.25) is 0 Å². The Morgan fingerprint density at radius 3 is 2.36 bits per heavy atom. The van der Waals surface area contributed by atoms with Gasteiger partial charge in [-0.1, -0.05) is 0 Å². The van der Waals surface area contributed by atoms with Crippen molar-refractivity contribution >= 4 is 11.9 Å². The van der Waals surface area contributed by atoms with Crippen LogP contribution in [0.1, 0.15) is 19.8 Å². The summed E-state index contributed by atoms with van der Waals surface area (Å²) >= 11 is 0. The molecule has 1 N–H and O–H groups in total. The maximum Gasteiger partial charge on any atom is 0.407 e. The van der Waals surface area contributed by atoms with E-state index < -0.39 is 6.09 Å². The van der Waals surface area contributed by atoms with Gasteiger partial charge in [0.05, 0.1) is 0 Å². The Kier molecular flexibility index (Phi) is 4.26. The van der Waals surface area contributed by atoms with Gasteiger partial charge in [-0.3, -0.25) is 0 Å². The van der Waals surface area contributed by atoms with Gasteiger partial charge in [-0.05, 0) is 13.3 Å². The molecule has 0 atom stereocenters. The van der Waals surface area contributed by atoms with E-state index in [4.69, 9.17) is 5.11 Å². The monoisotopic (exact) mass is 159 g/mol. The number of carbonyl (C=O) groups is 2. The van der Waals surface area contributed by atoms with Crippen molar-refractivity contribution in [1.29, 1.82) is 0 Å². The van der Waals surface area contributed by atoms with E-state index >= 15 is 0 Å². The highest BCUT2D eigenvalue weighted by Gasteiger charge is 2.04. The maximum absolute atomic E-state index is 10.4. The summed E-state index contributed by atoms with van der Waals surface area (Å²) in [6.07, 6.45) is 0.115. The molecule has 0 radical (unpaired) electrons. The molecule has 4 nitrogen and oxygen atoms in total. The number of amides is 1. The molecule has 11 heavy (non-hydrogen) atoms. The third-order valence-electron chi connectivity index (χ3n) is 1.35. The van der Waals surface area contributed by atoms with Crippen molar-refractivity contribution in [1.82, 2.24) is 4.90 Å². The van der Waals surface area contributed by atoms with Crippen LogP contribution in [-0.2, 0) is 4.79 Å². The lowest BCUT2D eigenvalue weighted by molar-refractivity contribution is -0.117. The molecule has 0 aromatic rings. The van der Waals surface area contributed by atoms with Crippen molar-refractivity contribution in [2.24, 2.45) is 0 Å². The first-order chi connectivity index (χ1) is 5.04. The molecular weight excluding hydrogens is 146 g/mol. The molecule has 0 bridgehead atoms. The van der Waals surface area contributed by atoms with Crippen molar-refractivity contribution < 1.29 is 14.7 Å². The molecule has 64 valence electrons. The minimum absolute atomic E-state index is 0.101. The summed E-state index contributed by atoms with van der Waals surface area (Å²) in [5.41, 5.74) is 0. The Bertz CT molecular complexity index is 156.